The van der Waals surface area contributed by atoms with E-state index in [4.69, 9.17) is 9.15 Å². The normalized spacial score (nSPS) is 15.8. The second kappa shape index (κ2) is 5.97. The van der Waals surface area contributed by atoms with Crippen LogP contribution in [0.4, 0.5) is 4.39 Å². The molecule has 5 rings (SSSR count). The number of furan rings is 1. The van der Waals surface area contributed by atoms with Crippen LogP contribution in [0.2, 0.25) is 0 Å². The van der Waals surface area contributed by atoms with Crippen LogP contribution >= 0.6 is 0 Å². The Bertz CT molecular complexity index is 1270. The number of rotatable bonds is 2. The minimum atomic E-state index is -0.316. The Balaban J connectivity index is 1.61. The first-order chi connectivity index (χ1) is 13.4. The highest BCUT2D eigenvalue weighted by atomic mass is 19.1. The molecule has 1 aliphatic heterocycles. The molecule has 0 radical (unpaired) electrons. The van der Waals surface area contributed by atoms with Gasteiger partial charge in [0.15, 0.2) is 0 Å². The zero-order valence-corrected chi connectivity index (χ0v) is 15.5. The van der Waals surface area contributed by atoms with Gasteiger partial charge in [-0.1, -0.05) is 12.1 Å². The summed E-state index contributed by atoms with van der Waals surface area (Å²) >= 11 is 0. The van der Waals surface area contributed by atoms with Gasteiger partial charge in [0.25, 0.3) is 5.56 Å². The Morgan fingerprint density at radius 1 is 1.25 bits per heavy atom. The number of aromatic nitrogens is 3. The summed E-state index contributed by atoms with van der Waals surface area (Å²) in [6.45, 7) is 4.80. The number of hydrogen-bond acceptors (Lipinski definition) is 5. The Hall–Kier alpha value is -3.06. The van der Waals surface area contributed by atoms with Crippen molar-refractivity contribution in [2.45, 2.75) is 39.0 Å². The molecule has 0 spiro atoms. The van der Waals surface area contributed by atoms with Gasteiger partial charge in [0.2, 0.25) is 11.3 Å². The Morgan fingerprint density at radius 2 is 2.04 bits per heavy atom. The summed E-state index contributed by atoms with van der Waals surface area (Å²) in [5.41, 5.74) is 3.23. The molecule has 6 nitrogen and oxygen atoms in total. The summed E-state index contributed by atoms with van der Waals surface area (Å²) in [6.07, 6.45) is 2.17. The first-order valence-electron chi connectivity index (χ1n) is 9.08. The lowest BCUT2D eigenvalue weighted by molar-refractivity contribution is -0.0411. The van der Waals surface area contributed by atoms with Crippen LogP contribution in [0.5, 0.6) is 0 Å². The highest BCUT2D eigenvalue weighted by Gasteiger charge is 2.28. The summed E-state index contributed by atoms with van der Waals surface area (Å²) in [5, 5.41) is 0.711. The van der Waals surface area contributed by atoms with Crippen molar-refractivity contribution in [3.63, 3.8) is 0 Å². The van der Waals surface area contributed by atoms with Gasteiger partial charge in [-0.15, -0.1) is 0 Å². The molecule has 1 aliphatic rings. The van der Waals surface area contributed by atoms with E-state index in [9.17, 15) is 9.18 Å². The average Bonchev–Trinajstić information content (AvgIpc) is 3.01. The largest absolute Gasteiger partial charge is 0.430 e. The van der Waals surface area contributed by atoms with Gasteiger partial charge in [-0.2, -0.15) is 0 Å². The lowest BCUT2D eigenvalue weighted by Crippen LogP contribution is -2.32. The van der Waals surface area contributed by atoms with Crippen LogP contribution in [0.1, 0.15) is 30.7 Å². The maximum atomic E-state index is 13.1. The number of nitrogens with zero attached hydrogens (tertiary/aromatic N) is 3. The number of benzene rings is 1. The molecule has 0 saturated carbocycles. The molecule has 3 aromatic heterocycles. The summed E-state index contributed by atoms with van der Waals surface area (Å²) < 4.78 is 26.2. The topological polar surface area (TPSA) is 70.2 Å². The fraction of sp³-hybridized carbons (Fsp3) is 0.286. The van der Waals surface area contributed by atoms with E-state index >= 15 is 0 Å². The van der Waals surface area contributed by atoms with Gasteiger partial charge in [-0.25, -0.2) is 14.4 Å². The SMILES string of the molecule is CC1(C)Cc2nc3oc4c(=O)n(Cc5ccc(F)cc5)cnc4c3cc2CO1. The van der Waals surface area contributed by atoms with Crippen LogP contribution in [-0.4, -0.2) is 20.1 Å². The van der Waals surface area contributed by atoms with Crippen LogP contribution in [0, 0.1) is 5.82 Å². The van der Waals surface area contributed by atoms with Crippen LogP contribution in [0.25, 0.3) is 22.2 Å². The second-order valence-electron chi connectivity index (χ2n) is 7.76. The molecule has 0 bridgehead atoms. The predicted octanol–water partition coefficient (Wildman–Crippen LogP) is 3.58. The Morgan fingerprint density at radius 3 is 2.82 bits per heavy atom. The molecule has 1 aromatic carbocycles. The molecule has 28 heavy (non-hydrogen) atoms. The quantitative estimate of drug-likeness (QED) is 0.532. The highest BCUT2D eigenvalue weighted by Crippen LogP contribution is 2.31. The zero-order chi connectivity index (χ0) is 19.5. The lowest BCUT2D eigenvalue weighted by atomic mass is 9.95. The molecule has 4 heterocycles. The van der Waals surface area contributed by atoms with Crippen molar-refractivity contribution in [3.8, 4) is 0 Å². The van der Waals surface area contributed by atoms with Crippen molar-refractivity contribution in [3.05, 3.63) is 69.7 Å². The van der Waals surface area contributed by atoms with E-state index in [2.05, 4.69) is 9.97 Å². The first kappa shape index (κ1) is 17.1. The number of hydrogen-bond donors (Lipinski definition) is 0. The van der Waals surface area contributed by atoms with Crippen LogP contribution < -0.4 is 5.56 Å². The van der Waals surface area contributed by atoms with Gasteiger partial charge in [0, 0.05) is 12.0 Å². The van der Waals surface area contributed by atoms with Crippen molar-refractivity contribution in [1.82, 2.24) is 14.5 Å². The summed E-state index contributed by atoms with van der Waals surface area (Å²) in [5.74, 6) is -0.316. The minimum Gasteiger partial charge on any atom is -0.430 e. The number of ether oxygens (including phenoxy) is 1. The predicted molar refractivity (Wildman–Crippen MR) is 102 cm³/mol. The molecule has 4 aromatic rings. The number of halogens is 1. The Labute approximate surface area is 159 Å². The molecule has 0 aliphatic carbocycles. The van der Waals surface area contributed by atoms with Gasteiger partial charge in [0.05, 0.1) is 36.2 Å². The molecule has 0 N–H and O–H groups in total. The third kappa shape index (κ3) is 2.79. The molecule has 0 atom stereocenters. The third-order valence-electron chi connectivity index (χ3n) is 5.08. The van der Waals surface area contributed by atoms with Crippen LogP contribution in [-0.2, 0) is 24.3 Å². The third-order valence-corrected chi connectivity index (χ3v) is 5.08. The van der Waals surface area contributed by atoms with E-state index in [1.807, 2.05) is 19.9 Å². The van der Waals surface area contributed by atoms with Crippen LogP contribution in [0.15, 0.2) is 45.9 Å². The smallest absolute Gasteiger partial charge is 0.297 e. The second-order valence-corrected chi connectivity index (χ2v) is 7.76. The van der Waals surface area contributed by atoms with Crippen molar-refractivity contribution < 1.29 is 13.5 Å². The maximum absolute atomic E-state index is 13.1. The molecule has 0 fully saturated rings. The lowest BCUT2D eigenvalue weighted by Gasteiger charge is -2.30. The monoisotopic (exact) mass is 379 g/mol. The van der Waals surface area contributed by atoms with Gasteiger partial charge >= 0.3 is 0 Å². The van der Waals surface area contributed by atoms with Crippen molar-refractivity contribution in [2.24, 2.45) is 0 Å². The fourth-order valence-electron chi connectivity index (χ4n) is 3.58. The number of fused-ring (bicyclic) bond motifs is 4. The maximum Gasteiger partial charge on any atom is 0.297 e. The van der Waals surface area contributed by atoms with Gasteiger partial charge in [0.1, 0.15) is 11.3 Å². The van der Waals surface area contributed by atoms with E-state index in [-0.39, 0.29) is 29.1 Å². The van der Waals surface area contributed by atoms with E-state index < -0.39 is 0 Å². The van der Waals surface area contributed by atoms with Crippen molar-refractivity contribution >= 4 is 22.2 Å². The summed E-state index contributed by atoms with van der Waals surface area (Å²) in [6, 6.07) is 7.97. The van der Waals surface area contributed by atoms with Gasteiger partial charge < -0.3 is 9.15 Å². The molecule has 7 heteroatoms. The number of pyridine rings is 1. The first-order valence-corrected chi connectivity index (χ1v) is 9.08. The average molecular weight is 379 g/mol. The summed E-state index contributed by atoms with van der Waals surface area (Å²) in [4.78, 5) is 22.0. The molecule has 0 saturated heterocycles. The fourth-order valence-corrected chi connectivity index (χ4v) is 3.58. The zero-order valence-electron chi connectivity index (χ0n) is 15.5. The van der Waals surface area contributed by atoms with Gasteiger partial charge in [-0.3, -0.25) is 9.36 Å². The molecule has 142 valence electrons. The molecular weight excluding hydrogens is 361 g/mol. The van der Waals surface area contributed by atoms with E-state index in [0.29, 0.717) is 29.6 Å². The van der Waals surface area contributed by atoms with Crippen molar-refractivity contribution in [2.75, 3.05) is 0 Å². The highest BCUT2D eigenvalue weighted by molar-refractivity contribution is 6.00. The van der Waals surface area contributed by atoms with Gasteiger partial charge in [-0.05, 0) is 37.6 Å². The molecule has 0 unspecified atom stereocenters. The summed E-state index contributed by atoms with van der Waals surface area (Å²) in [7, 11) is 0. The van der Waals surface area contributed by atoms with E-state index in [1.165, 1.54) is 23.0 Å². The Kier molecular flexibility index (Phi) is 3.64. The van der Waals surface area contributed by atoms with Crippen LogP contribution in [0.3, 0.4) is 0 Å². The minimum absolute atomic E-state index is 0.176. The molecule has 0 amide bonds. The van der Waals surface area contributed by atoms with E-state index in [0.717, 1.165) is 16.8 Å². The molecular formula is C21H18FN3O3. The van der Waals surface area contributed by atoms with Crippen molar-refractivity contribution in [1.29, 1.82) is 0 Å². The standard InChI is InChI=1S/C21H18FN3O3/c1-21(2)8-16-13(10-27-21)7-15-17-18(28-19(15)24-16)20(26)25(11-23-17)9-12-3-5-14(22)6-4-12/h3-7,11H,8-10H2,1-2H3. The van der Waals surface area contributed by atoms with E-state index in [1.54, 1.807) is 12.1 Å².